The Morgan fingerprint density at radius 2 is 2.24 bits per heavy atom. The highest BCUT2D eigenvalue weighted by Gasteiger charge is 2.34. The first-order chi connectivity index (χ1) is 12.2. The number of nitrogens with one attached hydrogen (secondary N) is 1. The molecule has 7 nitrogen and oxygen atoms in total. The summed E-state index contributed by atoms with van der Waals surface area (Å²) in [4.78, 5) is 28.6. The molecule has 1 N–H and O–H groups in total. The summed E-state index contributed by atoms with van der Waals surface area (Å²) in [6.45, 7) is 4.07. The first-order valence-corrected chi connectivity index (χ1v) is 9.01. The smallest absolute Gasteiger partial charge is 0.225 e. The van der Waals surface area contributed by atoms with Gasteiger partial charge in [-0.25, -0.2) is 0 Å². The molecule has 138 valence electrons. The molecule has 0 spiro atoms. The van der Waals surface area contributed by atoms with Crippen molar-refractivity contribution in [3.05, 3.63) is 24.2 Å². The molecular formula is C18H27N3O4. The zero-order chi connectivity index (χ0) is 17.6. The zero-order valence-electron chi connectivity index (χ0n) is 14.8. The van der Waals surface area contributed by atoms with Gasteiger partial charge in [-0.15, -0.1) is 0 Å². The van der Waals surface area contributed by atoms with Crippen LogP contribution in [0.15, 0.2) is 22.8 Å². The van der Waals surface area contributed by atoms with Crippen LogP contribution >= 0.6 is 0 Å². The summed E-state index contributed by atoms with van der Waals surface area (Å²) in [6, 6.07) is 3.90. The molecule has 2 aliphatic rings. The number of carbonyl (C=O) groups is 2. The average molecular weight is 349 g/mol. The van der Waals surface area contributed by atoms with Gasteiger partial charge in [-0.3, -0.25) is 14.5 Å². The first-order valence-electron chi connectivity index (χ1n) is 9.01. The van der Waals surface area contributed by atoms with Crippen LogP contribution in [0.5, 0.6) is 0 Å². The van der Waals surface area contributed by atoms with E-state index in [4.69, 9.17) is 9.15 Å². The van der Waals surface area contributed by atoms with Gasteiger partial charge >= 0.3 is 0 Å². The minimum atomic E-state index is -0.278. The van der Waals surface area contributed by atoms with E-state index in [0.29, 0.717) is 26.2 Å². The molecule has 2 amide bonds. The van der Waals surface area contributed by atoms with Crippen LogP contribution in [0.4, 0.5) is 0 Å². The van der Waals surface area contributed by atoms with Crippen molar-refractivity contribution in [3.8, 4) is 0 Å². The molecule has 0 bridgehead atoms. The highest BCUT2D eigenvalue weighted by molar-refractivity contribution is 5.89. The molecular weight excluding hydrogens is 322 g/mol. The minimum absolute atomic E-state index is 0.0272. The van der Waals surface area contributed by atoms with Crippen molar-refractivity contribution in [1.82, 2.24) is 15.1 Å². The van der Waals surface area contributed by atoms with E-state index in [1.54, 1.807) is 18.3 Å². The molecule has 0 aromatic carbocycles. The third-order valence-corrected chi connectivity index (χ3v) is 5.07. The van der Waals surface area contributed by atoms with Crippen LogP contribution in [0.3, 0.4) is 0 Å². The van der Waals surface area contributed by atoms with Crippen molar-refractivity contribution < 1.29 is 18.7 Å². The quantitative estimate of drug-likeness (QED) is 0.759. The van der Waals surface area contributed by atoms with E-state index < -0.39 is 0 Å². The summed E-state index contributed by atoms with van der Waals surface area (Å²) >= 11 is 0. The van der Waals surface area contributed by atoms with Crippen LogP contribution in [0.1, 0.15) is 31.1 Å². The third kappa shape index (κ3) is 4.41. The molecule has 7 heteroatoms. The lowest BCUT2D eigenvalue weighted by Crippen LogP contribution is -2.40. The fourth-order valence-corrected chi connectivity index (χ4v) is 3.65. The van der Waals surface area contributed by atoms with Crippen LogP contribution in [0, 0.1) is 5.92 Å². The lowest BCUT2D eigenvalue weighted by molar-refractivity contribution is -0.129. The third-order valence-electron chi connectivity index (χ3n) is 5.07. The number of likely N-dealkylation sites (tertiary alicyclic amines) is 2. The van der Waals surface area contributed by atoms with Gasteiger partial charge in [0.25, 0.3) is 0 Å². The second kappa shape index (κ2) is 8.49. The van der Waals surface area contributed by atoms with E-state index in [0.717, 1.165) is 18.8 Å². The molecule has 1 aromatic rings. The summed E-state index contributed by atoms with van der Waals surface area (Å²) in [5.74, 6) is 0.579. The SMILES string of the molecule is COCCN1C[C@@H](C(=O)NC[C@@H](c2ccco2)N2CCCC2)CC1=O. The Bertz CT molecular complexity index is 569. The number of methoxy groups -OCH3 is 1. The Labute approximate surface area is 148 Å². The molecule has 25 heavy (non-hydrogen) atoms. The lowest BCUT2D eigenvalue weighted by Gasteiger charge is -2.26. The van der Waals surface area contributed by atoms with Gasteiger partial charge < -0.3 is 19.4 Å². The van der Waals surface area contributed by atoms with Gasteiger partial charge in [0.15, 0.2) is 0 Å². The van der Waals surface area contributed by atoms with Crippen LogP contribution < -0.4 is 5.32 Å². The summed E-state index contributed by atoms with van der Waals surface area (Å²) in [5.41, 5.74) is 0. The maximum atomic E-state index is 12.5. The molecule has 3 rings (SSSR count). The number of amides is 2. The molecule has 2 atom stereocenters. The fraction of sp³-hybridized carbons (Fsp3) is 0.667. The van der Waals surface area contributed by atoms with E-state index in [1.807, 2.05) is 12.1 Å². The summed E-state index contributed by atoms with van der Waals surface area (Å²) in [7, 11) is 1.61. The van der Waals surface area contributed by atoms with Gasteiger partial charge in [0, 0.05) is 33.2 Å². The predicted octanol–water partition coefficient (Wildman–Crippen LogP) is 1.03. The molecule has 3 heterocycles. The van der Waals surface area contributed by atoms with Crippen molar-refractivity contribution in [2.75, 3.05) is 46.4 Å². The number of ether oxygens (including phenoxy) is 1. The topological polar surface area (TPSA) is 75.0 Å². The molecule has 2 saturated heterocycles. The molecule has 2 aliphatic heterocycles. The highest BCUT2D eigenvalue weighted by Crippen LogP contribution is 2.25. The van der Waals surface area contributed by atoms with Crippen LogP contribution in [-0.4, -0.2) is 68.1 Å². The van der Waals surface area contributed by atoms with E-state index in [9.17, 15) is 9.59 Å². The Kier molecular flexibility index (Phi) is 6.09. The van der Waals surface area contributed by atoms with Crippen molar-refractivity contribution >= 4 is 11.8 Å². The van der Waals surface area contributed by atoms with Gasteiger partial charge in [0.1, 0.15) is 5.76 Å². The van der Waals surface area contributed by atoms with Gasteiger partial charge in [-0.1, -0.05) is 0 Å². The Morgan fingerprint density at radius 1 is 1.44 bits per heavy atom. The normalized spacial score (nSPS) is 22.5. The number of rotatable bonds is 8. The molecule has 2 fully saturated rings. The van der Waals surface area contributed by atoms with Crippen molar-refractivity contribution in [1.29, 1.82) is 0 Å². The second-order valence-electron chi connectivity index (χ2n) is 6.75. The maximum Gasteiger partial charge on any atom is 0.225 e. The average Bonchev–Trinajstić information content (AvgIpc) is 3.35. The Morgan fingerprint density at radius 3 is 2.92 bits per heavy atom. The maximum absolute atomic E-state index is 12.5. The van der Waals surface area contributed by atoms with Crippen LogP contribution in [-0.2, 0) is 14.3 Å². The van der Waals surface area contributed by atoms with Gasteiger partial charge in [0.05, 0.1) is 24.8 Å². The molecule has 0 saturated carbocycles. The lowest BCUT2D eigenvalue weighted by atomic mass is 10.1. The van der Waals surface area contributed by atoms with Gasteiger partial charge in [0.2, 0.25) is 11.8 Å². The van der Waals surface area contributed by atoms with Crippen molar-refractivity contribution in [2.45, 2.75) is 25.3 Å². The van der Waals surface area contributed by atoms with Crippen LogP contribution in [0.2, 0.25) is 0 Å². The van der Waals surface area contributed by atoms with E-state index >= 15 is 0 Å². The molecule has 0 radical (unpaired) electrons. The Hall–Kier alpha value is -1.86. The van der Waals surface area contributed by atoms with E-state index in [2.05, 4.69) is 10.2 Å². The summed E-state index contributed by atoms with van der Waals surface area (Å²) in [6.07, 6.45) is 4.31. The summed E-state index contributed by atoms with van der Waals surface area (Å²) in [5, 5.41) is 3.04. The summed E-state index contributed by atoms with van der Waals surface area (Å²) < 4.78 is 10.6. The highest BCUT2D eigenvalue weighted by atomic mass is 16.5. The number of hydrogen-bond acceptors (Lipinski definition) is 5. The number of hydrogen-bond donors (Lipinski definition) is 1. The van der Waals surface area contributed by atoms with Gasteiger partial charge in [-0.05, 0) is 38.1 Å². The predicted molar refractivity (Wildman–Crippen MR) is 91.8 cm³/mol. The van der Waals surface area contributed by atoms with Gasteiger partial charge in [-0.2, -0.15) is 0 Å². The number of furan rings is 1. The zero-order valence-corrected chi connectivity index (χ0v) is 14.8. The van der Waals surface area contributed by atoms with Crippen molar-refractivity contribution in [2.24, 2.45) is 5.92 Å². The standard InChI is InChI=1S/C18H27N3O4/c1-24-10-8-21-13-14(11-17(21)22)18(23)19-12-15(16-5-4-9-25-16)20-6-2-3-7-20/h4-5,9,14-15H,2-3,6-8,10-13H2,1H3,(H,19,23)/t14-,15-/m0/s1. The monoisotopic (exact) mass is 349 g/mol. The molecule has 1 aromatic heterocycles. The van der Waals surface area contributed by atoms with Crippen molar-refractivity contribution in [3.63, 3.8) is 0 Å². The second-order valence-corrected chi connectivity index (χ2v) is 6.75. The molecule has 0 unspecified atom stereocenters. The fourth-order valence-electron chi connectivity index (χ4n) is 3.65. The minimum Gasteiger partial charge on any atom is -0.468 e. The largest absolute Gasteiger partial charge is 0.468 e. The number of carbonyl (C=O) groups excluding carboxylic acids is 2. The van der Waals surface area contributed by atoms with Crippen LogP contribution in [0.25, 0.3) is 0 Å². The molecule has 0 aliphatic carbocycles. The number of nitrogens with zero attached hydrogens (tertiary/aromatic N) is 2. The Balaban J connectivity index is 1.54. The van der Waals surface area contributed by atoms with E-state index in [1.165, 1.54) is 12.8 Å². The first kappa shape index (κ1) is 17.9. The van der Waals surface area contributed by atoms with E-state index in [-0.39, 0.29) is 30.2 Å².